The van der Waals surface area contributed by atoms with Crippen LogP contribution in [0.2, 0.25) is 0 Å². The van der Waals surface area contributed by atoms with Crippen LogP contribution >= 0.6 is 0 Å². The Morgan fingerprint density at radius 2 is 1.61 bits per heavy atom. The lowest BCUT2D eigenvalue weighted by Gasteiger charge is -2.27. The van der Waals surface area contributed by atoms with Crippen molar-refractivity contribution in [1.82, 2.24) is 4.90 Å². The van der Waals surface area contributed by atoms with E-state index in [9.17, 15) is 9.59 Å². The van der Waals surface area contributed by atoms with E-state index in [0.29, 0.717) is 18.7 Å². The fourth-order valence-corrected chi connectivity index (χ4v) is 3.63. The number of amides is 2. The Labute approximate surface area is 165 Å². The summed E-state index contributed by atoms with van der Waals surface area (Å²) in [4.78, 5) is 29.4. The maximum Gasteiger partial charge on any atom is 0.254 e. The van der Waals surface area contributed by atoms with Crippen molar-refractivity contribution in [2.24, 2.45) is 0 Å². The third-order valence-electron chi connectivity index (χ3n) is 5.11. The lowest BCUT2D eigenvalue weighted by atomic mass is 10.1. The van der Waals surface area contributed by atoms with Gasteiger partial charge in [0, 0.05) is 17.8 Å². The van der Waals surface area contributed by atoms with Crippen molar-refractivity contribution in [3.05, 3.63) is 101 Å². The van der Waals surface area contributed by atoms with Gasteiger partial charge in [-0.15, -0.1) is 0 Å². The van der Waals surface area contributed by atoms with Crippen molar-refractivity contribution < 1.29 is 9.59 Å². The molecule has 0 fully saturated rings. The molecule has 0 spiro atoms. The van der Waals surface area contributed by atoms with Crippen molar-refractivity contribution in [3.8, 4) is 0 Å². The van der Waals surface area contributed by atoms with Gasteiger partial charge in [0.1, 0.15) is 6.54 Å². The minimum Gasteiger partial charge on any atom is -0.325 e. The van der Waals surface area contributed by atoms with Gasteiger partial charge in [-0.2, -0.15) is 0 Å². The minimum absolute atomic E-state index is 0.0642. The van der Waals surface area contributed by atoms with E-state index in [-0.39, 0.29) is 18.4 Å². The number of rotatable bonds is 5. The molecule has 0 radical (unpaired) electrons. The van der Waals surface area contributed by atoms with Crippen LogP contribution in [0.25, 0.3) is 0 Å². The van der Waals surface area contributed by atoms with E-state index >= 15 is 0 Å². The summed E-state index contributed by atoms with van der Waals surface area (Å²) >= 11 is 0. The average molecular weight is 370 g/mol. The van der Waals surface area contributed by atoms with Crippen LogP contribution in [-0.4, -0.2) is 23.3 Å². The number of anilines is 1. The second kappa shape index (κ2) is 7.69. The summed E-state index contributed by atoms with van der Waals surface area (Å²) in [5.41, 5.74) is 4.63. The SMILES string of the molecule is Cc1ccccc1N(Cc1ccccc1)C(=O)CN1Cc2ccccc2C1=O. The molecule has 3 aromatic rings. The first-order valence-electron chi connectivity index (χ1n) is 9.40. The standard InChI is InChI=1S/C24H22N2O2/c1-18-9-5-8-14-22(18)26(15-19-10-3-2-4-11-19)23(27)17-25-16-20-12-6-7-13-21(20)24(25)28/h2-14H,15-17H2,1H3. The lowest BCUT2D eigenvalue weighted by molar-refractivity contribution is -0.119. The zero-order valence-corrected chi connectivity index (χ0v) is 15.8. The van der Waals surface area contributed by atoms with E-state index in [1.165, 1.54) is 0 Å². The van der Waals surface area contributed by atoms with Crippen LogP contribution in [-0.2, 0) is 17.9 Å². The molecule has 2 amide bonds. The lowest BCUT2D eigenvalue weighted by Crippen LogP contribution is -2.40. The van der Waals surface area contributed by atoms with Gasteiger partial charge < -0.3 is 9.80 Å². The van der Waals surface area contributed by atoms with Crippen LogP contribution in [0, 0.1) is 6.92 Å². The van der Waals surface area contributed by atoms with E-state index in [1.54, 1.807) is 9.80 Å². The van der Waals surface area contributed by atoms with Gasteiger partial charge >= 0.3 is 0 Å². The molecule has 4 rings (SSSR count). The molecular formula is C24H22N2O2. The predicted molar refractivity (Wildman–Crippen MR) is 110 cm³/mol. The van der Waals surface area contributed by atoms with Crippen LogP contribution in [0.4, 0.5) is 5.69 Å². The second-order valence-electron chi connectivity index (χ2n) is 7.07. The maximum absolute atomic E-state index is 13.3. The van der Waals surface area contributed by atoms with E-state index in [0.717, 1.165) is 22.4 Å². The number of nitrogens with zero attached hydrogens (tertiary/aromatic N) is 2. The number of fused-ring (bicyclic) bond motifs is 1. The second-order valence-corrected chi connectivity index (χ2v) is 7.07. The van der Waals surface area contributed by atoms with E-state index in [2.05, 4.69) is 0 Å². The molecule has 1 aliphatic rings. The van der Waals surface area contributed by atoms with Crippen molar-refractivity contribution in [3.63, 3.8) is 0 Å². The van der Waals surface area contributed by atoms with E-state index < -0.39 is 0 Å². The molecule has 0 bridgehead atoms. The molecular weight excluding hydrogens is 348 g/mol. The van der Waals surface area contributed by atoms with E-state index in [4.69, 9.17) is 0 Å². The smallest absolute Gasteiger partial charge is 0.254 e. The number of carbonyl (C=O) groups is 2. The summed E-state index contributed by atoms with van der Waals surface area (Å²) < 4.78 is 0. The molecule has 0 aromatic heterocycles. The molecule has 0 saturated heterocycles. The van der Waals surface area contributed by atoms with Crippen LogP contribution in [0.15, 0.2) is 78.9 Å². The molecule has 0 saturated carbocycles. The Morgan fingerprint density at radius 3 is 2.36 bits per heavy atom. The van der Waals surface area contributed by atoms with Crippen LogP contribution in [0.3, 0.4) is 0 Å². The Balaban J connectivity index is 1.59. The van der Waals surface area contributed by atoms with Gasteiger partial charge in [-0.25, -0.2) is 0 Å². The van der Waals surface area contributed by atoms with Crippen LogP contribution in [0.1, 0.15) is 27.0 Å². The summed E-state index contributed by atoms with van der Waals surface area (Å²) in [6.07, 6.45) is 0. The number of aryl methyl sites for hydroxylation is 1. The molecule has 0 aliphatic carbocycles. The highest BCUT2D eigenvalue weighted by Crippen LogP contribution is 2.25. The van der Waals surface area contributed by atoms with Gasteiger partial charge in [-0.05, 0) is 35.7 Å². The number of benzene rings is 3. The van der Waals surface area contributed by atoms with Crippen molar-refractivity contribution in [1.29, 1.82) is 0 Å². The fraction of sp³-hybridized carbons (Fsp3) is 0.167. The topological polar surface area (TPSA) is 40.6 Å². The molecule has 140 valence electrons. The van der Waals surface area contributed by atoms with Crippen LogP contribution < -0.4 is 4.90 Å². The molecule has 4 heteroatoms. The number of para-hydroxylation sites is 1. The first-order chi connectivity index (χ1) is 13.6. The monoisotopic (exact) mass is 370 g/mol. The molecule has 0 unspecified atom stereocenters. The molecule has 28 heavy (non-hydrogen) atoms. The molecule has 4 nitrogen and oxygen atoms in total. The van der Waals surface area contributed by atoms with Gasteiger partial charge in [0.25, 0.3) is 5.91 Å². The van der Waals surface area contributed by atoms with Crippen molar-refractivity contribution in [2.75, 3.05) is 11.4 Å². The van der Waals surface area contributed by atoms with Gasteiger partial charge in [0.15, 0.2) is 0 Å². The quantitative estimate of drug-likeness (QED) is 0.676. The van der Waals surface area contributed by atoms with Crippen molar-refractivity contribution in [2.45, 2.75) is 20.0 Å². The fourth-order valence-electron chi connectivity index (χ4n) is 3.63. The van der Waals surface area contributed by atoms with Gasteiger partial charge in [-0.1, -0.05) is 66.7 Å². The third-order valence-corrected chi connectivity index (χ3v) is 5.11. The average Bonchev–Trinajstić information content (AvgIpc) is 3.03. The van der Waals surface area contributed by atoms with Crippen LogP contribution in [0.5, 0.6) is 0 Å². The summed E-state index contributed by atoms with van der Waals surface area (Å²) in [6, 6.07) is 25.3. The third kappa shape index (κ3) is 3.54. The minimum atomic E-state index is -0.0840. The molecule has 0 N–H and O–H groups in total. The van der Waals surface area contributed by atoms with E-state index in [1.807, 2.05) is 85.8 Å². The van der Waals surface area contributed by atoms with Gasteiger partial charge in [0.2, 0.25) is 5.91 Å². The highest BCUT2D eigenvalue weighted by atomic mass is 16.2. The molecule has 3 aromatic carbocycles. The summed E-state index contributed by atoms with van der Waals surface area (Å²) in [7, 11) is 0. The predicted octanol–water partition coefficient (Wildman–Crippen LogP) is 4.18. The zero-order valence-electron chi connectivity index (χ0n) is 15.8. The zero-order chi connectivity index (χ0) is 19.5. The normalized spacial score (nSPS) is 12.8. The first-order valence-corrected chi connectivity index (χ1v) is 9.40. The highest BCUT2D eigenvalue weighted by Gasteiger charge is 2.30. The first kappa shape index (κ1) is 18.0. The van der Waals surface area contributed by atoms with Crippen molar-refractivity contribution >= 4 is 17.5 Å². The Morgan fingerprint density at radius 1 is 0.929 bits per heavy atom. The number of carbonyl (C=O) groups excluding carboxylic acids is 2. The highest BCUT2D eigenvalue weighted by molar-refractivity contribution is 6.03. The van der Waals surface area contributed by atoms with Gasteiger partial charge in [-0.3, -0.25) is 9.59 Å². The number of hydrogen-bond donors (Lipinski definition) is 0. The Kier molecular flexibility index (Phi) is 4.94. The Hall–Kier alpha value is -3.40. The largest absolute Gasteiger partial charge is 0.325 e. The summed E-state index contributed by atoms with van der Waals surface area (Å²) in [5.74, 6) is -0.160. The van der Waals surface area contributed by atoms with Gasteiger partial charge in [0.05, 0.1) is 6.54 Å². The molecule has 0 atom stereocenters. The number of hydrogen-bond acceptors (Lipinski definition) is 2. The molecule has 1 heterocycles. The maximum atomic E-state index is 13.3. The summed E-state index contributed by atoms with van der Waals surface area (Å²) in [5, 5.41) is 0. The molecule has 1 aliphatic heterocycles. The Bertz CT molecular complexity index is 1010. The summed E-state index contributed by atoms with van der Waals surface area (Å²) in [6.45, 7) is 3.01.